The summed E-state index contributed by atoms with van der Waals surface area (Å²) < 4.78 is 0. The van der Waals surface area contributed by atoms with Crippen molar-refractivity contribution in [2.75, 3.05) is 5.32 Å². The molecule has 1 aromatic carbocycles. The third-order valence-electron chi connectivity index (χ3n) is 4.14. The van der Waals surface area contributed by atoms with E-state index in [0.717, 1.165) is 23.2 Å². The lowest BCUT2D eigenvalue weighted by Crippen LogP contribution is -2.06. The quantitative estimate of drug-likeness (QED) is 0.864. The van der Waals surface area contributed by atoms with Crippen molar-refractivity contribution < 1.29 is 9.90 Å². The number of anilines is 1. The Morgan fingerprint density at radius 2 is 2.17 bits per heavy atom. The normalized spacial score (nSPS) is 25.6. The minimum Gasteiger partial charge on any atom is -0.388 e. The van der Waals surface area contributed by atoms with Gasteiger partial charge in [-0.2, -0.15) is 0 Å². The molecule has 2 aliphatic rings. The fourth-order valence-corrected chi connectivity index (χ4v) is 3.03. The smallest absolute Gasteiger partial charge is 0.228 e. The van der Waals surface area contributed by atoms with Gasteiger partial charge in [0.1, 0.15) is 0 Å². The summed E-state index contributed by atoms with van der Waals surface area (Å²) in [7, 11) is 0. The second kappa shape index (κ2) is 3.72. The molecule has 18 heavy (non-hydrogen) atoms. The molecular weight excluding hydrogens is 250 g/mol. The number of carbonyl (C=O) groups is 1. The molecule has 0 spiro atoms. The first-order chi connectivity index (χ1) is 8.38. The van der Waals surface area contributed by atoms with Gasteiger partial charge in [-0.05, 0) is 41.0 Å². The summed E-state index contributed by atoms with van der Waals surface area (Å²) in [5.74, 6) is 0.248. The molecule has 0 saturated heterocycles. The topological polar surface area (TPSA) is 49.3 Å². The molecule has 1 amide bonds. The Morgan fingerprint density at radius 1 is 1.50 bits per heavy atom. The minimum absolute atomic E-state index is 0.0144. The SMILES string of the molecule is CC1(C)CC1C(O)c1cc2c(cc1Cl)NC(=O)C2. The maximum absolute atomic E-state index is 11.3. The number of carbonyl (C=O) groups excluding carboxylic acids is 1. The van der Waals surface area contributed by atoms with Crippen LogP contribution in [0.3, 0.4) is 0 Å². The van der Waals surface area contributed by atoms with Crippen LogP contribution >= 0.6 is 11.6 Å². The second-order valence-corrected chi connectivity index (χ2v) is 6.41. The van der Waals surface area contributed by atoms with Gasteiger partial charge in [-0.3, -0.25) is 4.79 Å². The lowest BCUT2D eigenvalue weighted by molar-refractivity contribution is -0.115. The Hall–Kier alpha value is -1.06. The number of amides is 1. The minimum atomic E-state index is -0.534. The van der Waals surface area contributed by atoms with Gasteiger partial charge in [0.05, 0.1) is 12.5 Å². The van der Waals surface area contributed by atoms with E-state index < -0.39 is 6.10 Å². The Morgan fingerprint density at radius 3 is 2.78 bits per heavy atom. The average molecular weight is 266 g/mol. The van der Waals surface area contributed by atoms with E-state index in [1.54, 1.807) is 6.07 Å². The van der Waals surface area contributed by atoms with E-state index in [2.05, 4.69) is 19.2 Å². The van der Waals surface area contributed by atoms with E-state index in [1.165, 1.54) is 0 Å². The highest BCUT2D eigenvalue weighted by molar-refractivity contribution is 6.32. The van der Waals surface area contributed by atoms with Crippen LogP contribution in [0.4, 0.5) is 5.69 Å². The fourth-order valence-electron chi connectivity index (χ4n) is 2.76. The monoisotopic (exact) mass is 265 g/mol. The third kappa shape index (κ3) is 1.82. The predicted molar refractivity (Wildman–Crippen MR) is 70.6 cm³/mol. The molecule has 0 bridgehead atoms. The number of rotatable bonds is 2. The van der Waals surface area contributed by atoms with Crippen molar-refractivity contribution >= 4 is 23.2 Å². The summed E-state index contributed by atoms with van der Waals surface area (Å²) in [4.78, 5) is 11.3. The van der Waals surface area contributed by atoms with Gasteiger partial charge in [-0.25, -0.2) is 0 Å². The van der Waals surface area contributed by atoms with Crippen LogP contribution in [0.5, 0.6) is 0 Å². The molecule has 0 radical (unpaired) electrons. The molecule has 2 N–H and O–H groups in total. The van der Waals surface area contributed by atoms with Gasteiger partial charge in [-0.1, -0.05) is 25.4 Å². The molecule has 96 valence electrons. The predicted octanol–water partition coefficient (Wildman–Crippen LogP) is 2.91. The van der Waals surface area contributed by atoms with E-state index in [-0.39, 0.29) is 17.2 Å². The van der Waals surface area contributed by atoms with Gasteiger partial charge in [0.2, 0.25) is 5.91 Å². The van der Waals surface area contributed by atoms with Crippen molar-refractivity contribution in [3.05, 3.63) is 28.3 Å². The van der Waals surface area contributed by atoms with E-state index in [9.17, 15) is 9.90 Å². The van der Waals surface area contributed by atoms with Gasteiger partial charge in [0.25, 0.3) is 0 Å². The zero-order valence-electron chi connectivity index (χ0n) is 10.5. The molecule has 0 aromatic heterocycles. The number of aliphatic hydroxyl groups is 1. The van der Waals surface area contributed by atoms with Gasteiger partial charge in [0, 0.05) is 10.7 Å². The maximum atomic E-state index is 11.3. The van der Waals surface area contributed by atoms with Crippen molar-refractivity contribution in [3.8, 4) is 0 Å². The molecule has 3 nitrogen and oxygen atoms in total. The van der Waals surface area contributed by atoms with Crippen LogP contribution in [0, 0.1) is 11.3 Å². The van der Waals surface area contributed by atoms with E-state index >= 15 is 0 Å². The van der Waals surface area contributed by atoms with Gasteiger partial charge < -0.3 is 10.4 Å². The number of hydrogen-bond donors (Lipinski definition) is 2. The summed E-state index contributed by atoms with van der Waals surface area (Å²) in [5.41, 5.74) is 2.64. The van der Waals surface area contributed by atoms with Crippen molar-refractivity contribution in [3.63, 3.8) is 0 Å². The Bertz CT molecular complexity index is 539. The van der Waals surface area contributed by atoms with Gasteiger partial charge in [0.15, 0.2) is 0 Å². The van der Waals surface area contributed by atoms with Crippen molar-refractivity contribution in [2.24, 2.45) is 11.3 Å². The number of fused-ring (bicyclic) bond motifs is 1. The van der Waals surface area contributed by atoms with Crippen molar-refractivity contribution in [2.45, 2.75) is 32.8 Å². The number of hydrogen-bond acceptors (Lipinski definition) is 2. The van der Waals surface area contributed by atoms with E-state index in [1.807, 2.05) is 6.07 Å². The highest BCUT2D eigenvalue weighted by atomic mass is 35.5. The highest BCUT2D eigenvalue weighted by Gasteiger charge is 2.50. The van der Waals surface area contributed by atoms with Crippen LogP contribution in [0.25, 0.3) is 0 Å². The van der Waals surface area contributed by atoms with E-state index in [4.69, 9.17) is 11.6 Å². The first-order valence-electron chi connectivity index (χ1n) is 6.19. The van der Waals surface area contributed by atoms with E-state index in [0.29, 0.717) is 11.4 Å². The molecular formula is C14H16ClNO2. The number of aliphatic hydroxyl groups excluding tert-OH is 1. The van der Waals surface area contributed by atoms with Crippen LogP contribution in [0.15, 0.2) is 12.1 Å². The zero-order chi connectivity index (χ0) is 13.1. The van der Waals surface area contributed by atoms with Gasteiger partial charge in [-0.15, -0.1) is 0 Å². The van der Waals surface area contributed by atoms with Gasteiger partial charge >= 0.3 is 0 Å². The molecule has 2 atom stereocenters. The van der Waals surface area contributed by atoms with Crippen molar-refractivity contribution in [1.82, 2.24) is 0 Å². The highest BCUT2D eigenvalue weighted by Crippen LogP contribution is 2.58. The summed E-state index contributed by atoms with van der Waals surface area (Å²) in [6, 6.07) is 3.62. The van der Waals surface area contributed by atoms with Crippen LogP contribution in [0.1, 0.15) is 37.5 Å². The summed E-state index contributed by atoms with van der Waals surface area (Å²) >= 11 is 6.20. The molecule has 1 aromatic rings. The molecule has 3 rings (SSSR count). The average Bonchev–Trinajstić information content (AvgIpc) is 2.75. The summed E-state index contributed by atoms with van der Waals surface area (Å²) in [6.45, 7) is 4.29. The number of nitrogens with one attached hydrogen (secondary N) is 1. The summed E-state index contributed by atoms with van der Waals surface area (Å²) in [6.07, 6.45) is 0.854. The van der Waals surface area contributed by atoms with Crippen LogP contribution in [-0.4, -0.2) is 11.0 Å². The molecule has 1 heterocycles. The van der Waals surface area contributed by atoms with Crippen molar-refractivity contribution in [1.29, 1.82) is 0 Å². The molecule has 1 fully saturated rings. The molecule has 2 unspecified atom stereocenters. The first-order valence-corrected chi connectivity index (χ1v) is 6.56. The van der Waals surface area contributed by atoms with Crippen LogP contribution in [0.2, 0.25) is 5.02 Å². The van der Waals surface area contributed by atoms with Crippen LogP contribution in [-0.2, 0) is 11.2 Å². The molecule has 1 aliphatic carbocycles. The standard InChI is InChI=1S/C14H16ClNO2/c1-14(2)6-9(14)13(18)8-3-7-4-12(17)16-11(7)5-10(8)15/h3,5,9,13,18H,4,6H2,1-2H3,(H,16,17). The molecule has 1 aliphatic heterocycles. The Labute approximate surface area is 111 Å². The Balaban J connectivity index is 1.94. The number of benzene rings is 1. The first kappa shape index (κ1) is 12.0. The lowest BCUT2D eigenvalue weighted by atomic mass is 9.97. The largest absolute Gasteiger partial charge is 0.388 e. The number of halogens is 1. The third-order valence-corrected chi connectivity index (χ3v) is 4.46. The lowest BCUT2D eigenvalue weighted by Gasteiger charge is -2.15. The molecule has 4 heteroatoms. The Kier molecular flexibility index (Phi) is 2.48. The fraction of sp³-hybridized carbons (Fsp3) is 0.500. The second-order valence-electron chi connectivity index (χ2n) is 6.00. The zero-order valence-corrected chi connectivity index (χ0v) is 11.2. The molecule has 1 saturated carbocycles. The van der Waals surface area contributed by atoms with Crippen LogP contribution < -0.4 is 5.32 Å². The summed E-state index contributed by atoms with van der Waals surface area (Å²) in [5, 5.41) is 13.7. The maximum Gasteiger partial charge on any atom is 0.228 e.